The molecule has 0 radical (unpaired) electrons. The maximum Gasteiger partial charge on any atom is 0.490 e. The molecule has 0 aliphatic carbocycles. The lowest BCUT2D eigenvalue weighted by molar-refractivity contribution is -0.192. The molecule has 1 aromatic carbocycles. The van der Waals surface area contributed by atoms with E-state index in [1.807, 2.05) is 46.1 Å². The van der Waals surface area contributed by atoms with Crippen LogP contribution in [-0.4, -0.2) is 74.0 Å². The van der Waals surface area contributed by atoms with Gasteiger partial charge in [-0.15, -0.1) is 0 Å². The molecule has 180 valence electrons. The van der Waals surface area contributed by atoms with Crippen LogP contribution in [0, 0.1) is 0 Å². The van der Waals surface area contributed by atoms with Crippen LogP contribution in [0.3, 0.4) is 0 Å². The van der Waals surface area contributed by atoms with Crippen LogP contribution >= 0.6 is 0 Å². The Kier molecular flexibility index (Phi) is 8.14. The summed E-state index contributed by atoms with van der Waals surface area (Å²) in [5.74, 6) is -2.27. The van der Waals surface area contributed by atoms with Gasteiger partial charge < -0.3 is 20.6 Å². The number of hydrogen-bond donors (Lipinski definition) is 3. The fourth-order valence-electron chi connectivity index (χ4n) is 2.95. The molecule has 1 saturated heterocycles. The molecule has 1 aliphatic rings. The molecule has 13 heteroatoms. The third kappa shape index (κ3) is 7.00. The number of carboxylic acid groups (broad SMARTS) is 1. The summed E-state index contributed by atoms with van der Waals surface area (Å²) in [6.45, 7) is 3.68. The summed E-state index contributed by atoms with van der Waals surface area (Å²) in [4.78, 5) is 31.7. The van der Waals surface area contributed by atoms with E-state index in [0.29, 0.717) is 31.1 Å². The average molecular weight is 477 g/mol. The van der Waals surface area contributed by atoms with Gasteiger partial charge in [-0.2, -0.15) is 18.3 Å². The van der Waals surface area contributed by atoms with Gasteiger partial charge >= 0.3 is 12.1 Å². The number of carboxylic acids is 1. The van der Waals surface area contributed by atoms with Gasteiger partial charge in [0.25, 0.3) is 5.91 Å². The van der Waals surface area contributed by atoms with Crippen molar-refractivity contribution in [3.05, 3.63) is 66.2 Å². The van der Waals surface area contributed by atoms with Crippen molar-refractivity contribution in [1.82, 2.24) is 30.0 Å². The Morgan fingerprint density at radius 1 is 1.09 bits per heavy atom. The number of aliphatic carboxylic acids is 1. The molecule has 1 aliphatic heterocycles. The summed E-state index contributed by atoms with van der Waals surface area (Å²) >= 11 is 0. The minimum Gasteiger partial charge on any atom is -0.475 e. The molecule has 3 heterocycles. The van der Waals surface area contributed by atoms with Crippen LogP contribution in [0.1, 0.15) is 15.9 Å². The largest absolute Gasteiger partial charge is 0.490 e. The molecular formula is C21H22F3N7O3. The highest BCUT2D eigenvalue weighted by atomic mass is 19.4. The molecule has 34 heavy (non-hydrogen) atoms. The third-order valence-corrected chi connectivity index (χ3v) is 4.70. The number of aromatic nitrogens is 4. The monoisotopic (exact) mass is 477 g/mol. The van der Waals surface area contributed by atoms with E-state index in [4.69, 9.17) is 9.90 Å². The lowest BCUT2D eigenvalue weighted by atomic mass is 10.2. The van der Waals surface area contributed by atoms with Gasteiger partial charge in [0.2, 0.25) is 5.95 Å². The SMILES string of the molecule is O=C(O)C(F)(F)F.O=C(c1cnc(NCc2ccc(-n3cccn3)cc2)nc1)N1CCNCC1. The minimum absolute atomic E-state index is 0.0164. The number of amides is 1. The molecule has 0 spiro atoms. The number of halogens is 3. The zero-order chi connectivity index (χ0) is 24.6. The number of carbonyl (C=O) groups excluding carboxylic acids is 1. The van der Waals surface area contributed by atoms with E-state index in [-0.39, 0.29) is 5.91 Å². The predicted molar refractivity (Wildman–Crippen MR) is 115 cm³/mol. The second kappa shape index (κ2) is 11.2. The van der Waals surface area contributed by atoms with E-state index in [1.54, 1.807) is 18.6 Å². The number of rotatable bonds is 5. The first kappa shape index (κ1) is 24.6. The van der Waals surface area contributed by atoms with E-state index < -0.39 is 12.1 Å². The van der Waals surface area contributed by atoms with Crippen molar-refractivity contribution in [1.29, 1.82) is 0 Å². The zero-order valence-electron chi connectivity index (χ0n) is 17.9. The van der Waals surface area contributed by atoms with Crippen LogP contribution in [0.15, 0.2) is 55.1 Å². The second-order valence-corrected chi connectivity index (χ2v) is 7.11. The van der Waals surface area contributed by atoms with Crippen molar-refractivity contribution in [2.45, 2.75) is 12.7 Å². The molecule has 0 bridgehead atoms. The highest BCUT2D eigenvalue weighted by molar-refractivity contribution is 5.93. The molecule has 3 N–H and O–H groups in total. The highest BCUT2D eigenvalue weighted by Crippen LogP contribution is 2.13. The Hall–Kier alpha value is -4.00. The van der Waals surface area contributed by atoms with Gasteiger partial charge in [-0.3, -0.25) is 4.79 Å². The van der Waals surface area contributed by atoms with Crippen LogP contribution in [0.25, 0.3) is 5.69 Å². The van der Waals surface area contributed by atoms with Crippen molar-refractivity contribution in [3.63, 3.8) is 0 Å². The van der Waals surface area contributed by atoms with Gasteiger partial charge in [0.05, 0.1) is 11.3 Å². The molecule has 0 atom stereocenters. The number of alkyl halides is 3. The maximum absolute atomic E-state index is 12.4. The summed E-state index contributed by atoms with van der Waals surface area (Å²) in [5.41, 5.74) is 2.64. The summed E-state index contributed by atoms with van der Waals surface area (Å²) in [6, 6.07) is 9.99. The number of piperazine rings is 1. The molecule has 3 aromatic rings. The summed E-state index contributed by atoms with van der Waals surface area (Å²) in [7, 11) is 0. The molecule has 1 amide bonds. The molecule has 0 unspecified atom stereocenters. The first-order valence-corrected chi connectivity index (χ1v) is 10.2. The lowest BCUT2D eigenvalue weighted by Crippen LogP contribution is -2.46. The molecule has 1 fully saturated rings. The highest BCUT2D eigenvalue weighted by Gasteiger charge is 2.38. The number of anilines is 1. The van der Waals surface area contributed by atoms with Crippen LogP contribution < -0.4 is 10.6 Å². The Balaban J connectivity index is 0.000000406. The van der Waals surface area contributed by atoms with Gasteiger partial charge in [-0.1, -0.05) is 12.1 Å². The van der Waals surface area contributed by atoms with Crippen molar-refractivity contribution in [3.8, 4) is 5.69 Å². The molecule has 2 aromatic heterocycles. The van der Waals surface area contributed by atoms with Crippen molar-refractivity contribution in [2.24, 2.45) is 0 Å². The van der Waals surface area contributed by atoms with E-state index >= 15 is 0 Å². The van der Waals surface area contributed by atoms with Crippen LogP contribution in [0.4, 0.5) is 19.1 Å². The standard InChI is InChI=1S/C19H21N7O.C2HF3O2/c27-18(25-10-7-20-8-11-25)16-13-22-19(23-14-16)21-12-15-2-4-17(5-3-15)26-9-1-6-24-26;3-2(4,5)1(6)7/h1-6,9,13-14,20H,7-8,10-12H2,(H,21,22,23);(H,6,7). The Labute approximate surface area is 192 Å². The summed E-state index contributed by atoms with van der Waals surface area (Å²) in [5, 5.41) is 17.8. The second-order valence-electron chi connectivity index (χ2n) is 7.11. The first-order chi connectivity index (χ1) is 16.2. The van der Waals surface area contributed by atoms with Crippen molar-refractivity contribution >= 4 is 17.8 Å². The fourth-order valence-corrected chi connectivity index (χ4v) is 2.95. The minimum atomic E-state index is -5.08. The number of nitrogens with one attached hydrogen (secondary N) is 2. The van der Waals surface area contributed by atoms with Gasteiger partial charge in [0.15, 0.2) is 0 Å². The van der Waals surface area contributed by atoms with E-state index in [9.17, 15) is 18.0 Å². The smallest absolute Gasteiger partial charge is 0.475 e. The number of carbonyl (C=O) groups is 2. The normalized spacial score (nSPS) is 13.6. The van der Waals surface area contributed by atoms with Gasteiger partial charge in [-0.05, 0) is 23.8 Å². The van der Waals surface area contributed by atoms with Crippen molar-refractivity contribution in [2.75, 3.05) is 31.5 Å². The number of benzene rings is 1. The van der Waals surface area contributed by atoms with Crippen LogP contribution in [0.2, 0.25) is 0 Å². The van der Waals surface area contributed by atoms with E-state index in [2.05, 4.69) is 25.7 Å². The maximum atomic E-state index is 12.4. The van der Waals surface area contributed by atoms with Crippen molar-refractivity contribution < 1.29 is 27.9 Å². The zero-order valence-corrected chi connectivity index (χ0v) is 17.9. The summed E-state index contributed by atoms with van der Waals surface area (Å²) < 4.78 is 33.6. The predicted octanol–water partition coefficient (Wildman–Crippen LogP) is 1.95. The lowest BCUT2D eigenvalue weighted by Gasteiger charge is -2.27. The Morgan fingerprint density at radius 2 is 1.71 bits per heavy atom. The number of nitrogens with zero attached hydrogens (tertiary/aromatic N) is 5. The van der Waals surface area contributed by atoms with Gasteiger partial charge in [0.1, 0.15) is 0 Å². The summed E-state index contributed by atoms with van der Waals surface area (Å²) in [6.07, 6.45) is 1.74. The van der Waals surface area contributed by atoms with E-state index in [0.717, 1.165) is 24.3 Å². The molecule has 0 saturated carbocycles. The van der Waals surface area contributed by atoms with Crippen LogP contribution in [0.5, 0.6) is 0 Å². The third-order valence-electron chi connectivity index (χ3n) is 4.70. The molecule has 4 rings (SSSR count). The van der Waals surface area contributed by atoms with Gasteiger partial charge in [0, 0.05) is 57.5 Å². The van der Waals surface area contributed by atoms with Crippen LogP contribution in [-0.2, 0) is 11.3 Å². The Morgan fingerprint density at radius 3 is 2.24 bits per heavy atom. The van der Waals surface area contributed by atoms with E-state index in [1.165, 1.54) is 0 Å². The average Bonchev–Trinajstić information content (AvgIpc) is 3.38. The molecule has 10 nitrogen and oxygen atoms in total. The quantitative estimate of drug-likeness (QED) is 0.509. The van der Waals surface area contributed by atoms with Gasteiger partial charge in [-0.25, -0.2) is 19.4 Å². The first-order valence-electron chi connectivity index (χ1n) is 10.2. The number of hydrogen-bond acceptors (Lipinski definition) is 7. The Bertz CT molecular complexity index is 1070. The molecular weight excluding hydrogens is 455 g/mol. The topological polar surface area (TPSA) is 125 Å². The fraction of sp³-hybridized carbons (Fsp3) is 0.286.